The number of rotatable bonds is 4. The van der Waals surface area contributed by atoms with Gasteiger partial charge in [0.25, 0.3) is 0 Å². The Morgan fingerprint density at radius 1 is 0.333 bits per heavy atom. The van der Waals surface area contributed by atoms with Crippen LogP contribution in [0.1, 0.15) is 0 Å². The third-order valence-electron chi connectivity index (χ3n) is 8.87. The van der Waals surface area contributed by atoms with Gasteiger partial charge in [0.2, 0.25) is 0 Å². The van der Waals surface area contributed by atoms with E-state index in [1.54, 1.807) is 0 Å². The van der Waals surface area contributed by atoms with Gasteiger partial charge < -0.3 is 52.8 Å². The molecule has 0 spiro atoms. The zero-order chi connectivity index (χ0) is 39.7. The second kappa shape index (κ2) is 14.8. The molecule has 0 unspecified atom stereocenters. The van der Waals surface area contributed by atoms with Crippen LogP contribution in [0, 0.1) is 0 Å². The van der Waals surface area contributed by atoms with E-state index in [2.05, 4.69) is 39.9 Å². The monoisotopic (exact) mass is 902 g/mol. The lowest BCUT2D eigenvalue weighted by atomic mass is 10.1. The number of hydrogen-bond acceptors (Lipinski definition) is 18. The highest BCUT2D eigenvalue weighted by Crippen LogP contribution is 2.39. The number of hydrogen-bond donors (Lipinski definition) is 6. The van der Waals surface area contributed by atoms with E-state index >= 15 is 0 Å². The first-order valence-corrected chi connectivity index (χ1v) is 21.1. The molecule has 2 aliphatic heterocycles. The molecule has 0 radical (unpaired) electrons. The molecule has 9 rings (SSSR count). The van der Waals surface area contributed by atoms with Gasteiger partial charge in [-0.25, -0.2) is 63.6 Å². The normalized spacial score (nSPS) is 12.3. The van der Waals surface area contributed by atoms with Crippen LogP contribution in [-0.4, -0.2) is 91.8 Å². The van der Waals surface area contributed by atoms with Crippen LogP contribution in [-0.2, 0) is 40.5 Å². The molecule has 2 aliphatic rings. The zero-order valence-electron chi connectivity index (χ0n) is 31.1. The number of nitrogens with zero attached hydrogens (tertiary/aromatic N) is 6. The Hall–Kier alpha value is -6.28. The van der Waals surface area contributed by atoms with E-state index in [0.29, 0.717) is 0 Å². The van der Waals surface area contributed by atoms with E-state index in [-0.39, 0.29) is 114 Å². The summed E-state index contributed by atoms with van der Waals surface area (Å²) in [5, 5.41) is 0.416. The molecule has 24 nitrogen and oxygen atoms in total. The number of nitrogens with one attached hydrogen (secondary N) is 2. The van der Waals surface area contributed by atoms with Crippen molar-refractivity contribution in [3.8, 4) is 45.6 Å². The fraction of sp³-hybridized carbons (Fsp3) is 0. The Bertz CT molecular complexity index is 3620. The SMILES string of the molecule is O=S(=O)([O-])c1ccc2c(c1)-c1nc-2nc2[nH]c(nc3nc(nc4[nH]c(n1)c1ccc(S(=O)(=O)[O-])cc41)-c1cc(S(=O)(=O)[O-])ccc1-3)c1cc(S(=O)(=O)[O-])ccc21.[NH4+].[NH4+].[NH4+].[NH4+]. The van der Waals surface area contributed by atoms with E-state index < -0.39 is 60.1 Å². The average molecular weight is 903 g/mol. The summed E-state index contributed by atoms with van der Waals surface area (Å²) in [6.45, 7) is 0. The van der Waals surface area contributed by atoms with Crippen LogP contribution in [0.5, 0.6) is 0 Å². The third-order valence-corrected chi connectivity index (χ3v) is 12.2. The second-order valence-electron chi connectivity index (χ2n) is 12.3. The van der Waals surface area contributed by atoms with E-state index in [0.717, 1.165) is 48.5 Å². The summed E-state index contributed by atoms with van der Waals surface area (Å²) in [6.07, 6.45) is 0. The summed E-state index contributed by atoms with van der Waals surface area (Å²) in [5.41, 5.74) is -0.0453. The molecule has 4 aromatic carbocycles. The predicted molar refractivity (Wildman–Crippen MR) is 212 cm³/mol. The summed E-state index contributed by atoms with van der Waals surface area (Å²) >= 11 is 0. The molecule has 314 valence electrons. The van der Waals surface area contributed by atoms with Crippen LogP contribution >= 0.6 is 0 Å². The molecule has 8 bridgehead atoms. The van der Waals surface area contributed by atoms with Crippen molar-refractivity contribution in [3.05, 3.63) is 72.8 Å². The van der Waals surface area contributed by atoms with Crippen molar-refractivity contribution in [3.63, 3.8) is 0 Å². The molecular weight excluding hydrogens is 873 g/mol. The van der Waals surface area contributed by atoms with Crippen molar-refractivity contribution in [1.82, 2.24) is 64.5 Å². The Labute approximate surface area is 337 Å². The van der Waals surface area contributed by atoms with Crippen molar-refractivity contribution >= 4 is 84.6 Å². The highest BCUT2D eigenvalue weighted by molar-refractivity contribution is 7.86. The molecule has 0 saturated heterocycles. The van der Waals surface area contributed by atoms with Gasteiger partial charge in [0.05, 0.1) is 19.6 Å². The van der Waals surface area contributed by atoms with Crippen LogP contribution in [0.4, 0.5) is 0 Å². The van der Waals surface area contributed by atoms with Crippen LogP contribution < -0.4 is 24.6 Å². The summed E-state index contributed by atoms with van der Waals surface area (Å²) < 4.78 is 145. The molecule has 5 heterocycles. The van der Waals surface area contributed by atoms with Gasteiger partial charge in [0, 0.05) is 43.8 Å². The topological polar surface area (TPSA) is 484 Å². The Balaban J connectivity index is 0.00000171. The van der Waals surface area contributed by atoms with Crippen molar-refractivity contribution in [1.29, 1.82) is 0 Å². The minimum absolute atomic E-state index is 0. The van der Waals surface area contributed by atoms with Gasteiger partial charge >= 0.3 is 0 Å². The molecule has 0 aliphatic carbocycles. The smallest absolute Gasteiger partial charge is 0.164 e. The highest BCUT2D eigenvalue weighted by atomic mass is 32.2. The molecule has 60 heavy (non-hydrogen) atoms. The Morgan fingerprint density at radius 3 is 0.917 bits per heavy atom. The van der Waals surface area contributed by atoms with Crippen LogP contribution in [0.3, 0.4) is 0 Å². The van der Waals surface area contributed by atoms with Gasteiger partial charge in [-0.15, -0.1) is 0 Å². The lowest BCUT2D eigenvalue weighted by molar-refractivity contribution is 0.461. The zero-order valence-corrected chi connectivity index (χ0v) is 34.4. The van der Waals surface area contributed by atoms with E-state index in [4.69, 9.17) is 0 Å². The Morgan fingerprint density at radius 2 is 0.600 bits per heavy atom. The van der Waals surface area contributed by atoms with Crippen molar-refractivity contribution in [2.24, 2.45) is 0 Å². The molecule has 0 fully saturated rings. The second-order valence-corrected chi connectivity index (χ2v) is 17.8. The molecule has 28 heteroatoms. The van der Waals surface area contributed by atoms with Gasteiger partial charge in [-0.05, 0) is 72.8 Å². The lowest BCUT2D eigenvalue weighted by Gasteiger charge is -2.08. The quantitative estimate of drug-likeness (QED) is 0.136. The van der Waals surface area contributed by atoms with Gasteiger partial charge in [-0.1, -0.05) is 0 Å². The van der Waals surface area contributed by atoms with E-state index in [1.165, 1.54) is 24.3 Å². The molecule has 0 saturated carbocycles. The molecular formula is C32H30N12O12S4. The maximum Gasteiger partial charge on any atom is 0.164 e. The summed E-state index contributed by atoms with van der Waals surface area (Å²) in [4.78, 5) is 30.5. The predicted octanol–water partition coefficient (Wildman–Crippen LogP) is 3.99. The molecule has 0 atom stereocenters. The molecule has 3 aromatic heterocycles. The number of quaternary nitrogens is 4. The van der Waals surface area contributed by atoms with Crippen LogP contribution in [0.15, 0.2) is 92.4 Å². The Kier molecular flexibility index (Phi) is 11.0. The summed E-state index contributed by atoms with van der Waals surface area (Å²) in [7, 11) is -20.0. The van der Waals surface area contributed by atoms with Gasteiger partial charge in [0.15, 0.2) is 23.3 Å². The first kappa shape index (κ1) is 44.8. The number of H-pyrrole nitrogens is 2. The maximum absolute atomic E-state index is 12.1. The van der Waals surface area contributed by atoms with Crippen molar-refractivity contribution in [2.45, 2.75) is 19.6 Å². The minimum atomic E-state index is -5.03. The molecule has 7 aromatic rings. The largest absolute Gasteiger partial charge is 0.744 e. The van der Waals surface area contributed by atoms with Crippen LogP contribution in [0.2, 0.25) is 0 Å². The maximum atomic E-state index is 12.1. The average Bonchev–Trinajstić information content (AvgIpc) is 3.84. The van der Waals surface area contributed by atoms with Crippen molar-refractivity contribution in [2.75, 3.05) is 0 Å². The minimum Gasteiger partial charge on any atom is -0.744 e. The van der Waals surface area contributed by atoms with Crippen LogP contribution in [0.25, 0.3) is 89.7 Å². The molecule has 0 amide bonds. The molecule has 18 N–H and O–H groups in total. The number of benzene rings is 4. The first-order chi connectivity index (χ1) is 26.2. The third kappa shape index (κ3) is 7.44. The number of aromatic amines is 2. The standard InChI is InChI=1S/C32H18N8O12S4.4H3N/c41-53(42,43)13-1-5-17-21(9-13)29-34-25(17)33-26-18-6-2-14(54(44,45)46)10-22(18)30(35-26)37-28-20-8-4-16(56(50,51)52)12-24(20)32(39-28)40-31-23-11-15(55(47,48)49)3-7-19(23)27(36-29)38-31;;;;/h1-12H,(H,41,42,43)(H,44,45,46)(H,47,48,49)(H,50,51,52)(H2,33,34,35,36,37,38,39,40);4*1H3. The van der Waals surface area contributed by atoms with Gasteiger partial charge in [-0.3, -0.25) is 0 Å². The van der Waals surface area contributed by atoms with Gasteiger partial charge in [0.1, 0.15) is 63.1 Å². The summed E-state index contributed by atoms with van der Waals surface area (Å²) in [5.74, 6) is -0.701. The first-order valence-electron chi connectivity index (χ1n) is 15.5. The fourth-order valence-corrected chi connectivity index (χ4v) is 8.32. The number of fused-ring (bicyclic) bond motifs is 20. The van der Waals surface area contributed by atoms with E-state index in [9.17, 15) is 51.9 Å². The fourth-order valence-electron chi connectivity index (χ4n) is 6.33. The highest BCUT2D eigenvalue weighted by Gasteiger charge is 2.25. The lowest BCUT2D eigenvalue weighted by Crippen LogP contribution is -1.99. The summed E-state index contributed by atoms with van der Waals surface area (Å²) in [6, 6.07) is 13.2. The van der Waals surface area contributed by atoms with E-state index in [1.807, 2.05) is 0 Å². The van der Waals surface area contributed by atoms with Gasteiger partial charge in [-0.2, -0.15) is 0 Å². The number of aromatic nitrogens is 8. The van der Waals surface area contributed by atoms with Crippen molar-refractivity contribution < 1.29 is 51.9 Å².